The third kappa shape index (κ3) is 4.23. The van der Waals surface area contributed by atoms with E-state index in [2.05, 4.69) is 30.7 Å². The summed E-state index contributed by atoms with van der Waals surface area (Å²) in [6, 6.07) is 7.89. The fourth-order valence-corrected chi connectivity index (χ4v) is 4.01. The van der Waals surface area contributed by atoms with Crippen molar-refractivity contribution in [3.63, 3.8) is 0 Å². The molecule has 0 spiro atoms. The maximum atomic E-state index is 12.2. The Morgan fingerprint density at radius 1 is 1.24 bits per heavy atom. The van der Waals surface area contributed by atoms with Gasteiger partial charge in [0.15, 0.2) is 0 Å². The Bertz CT molecular complexity index is 889. The van der Waals surface area contributed by atoms with E-state index in [1.165, 1.54) is 4.31 Å². The van der Waals surface area contributed by atoms with Gasteiger partial charge in [0, 0.05) is 37.2 Å². The first-order valence-electron chi connectivity index (χ1n) is 8.63. The van der Waals surface area contributed by atoms with Gasteiger partial charge in [0.1, 0.15) is 0 Å². The molecule has 0 N–H and O–H groups in total. The first-order chi connectivity index (χ1) is 11.7. The van der Waals surface area contributed by atoms with Crippen molar-refractivity contribution in [1.29, 1.82) is 5.26 Å². The quantitative estimate of drug-likeness (QED) is 0.759. The lowest BCUT2D eigenvalue weighted by Gasteiger charge is -2.19. The minimum absolute atomic E-state index is 0.419. The number of fused-ring (bicyclic) bond motifs is 1. The van der Waals surface area contributed by atoms with E-state index in [0.29, 0.717) is 24.4 Å². The first kappa shape index (κ1) is 19.5. The molecule has 136 valence electrons. The van der Waals surface area contributed by atoms with Crippen molar-refractivity contribution in [2.24, 2.45) is 5.92 Å². The summed E-state index contributed by atoms with van der Waals surface area (Å²) in [4.78, 5) is 0. The van der Waals surface area contributed by atoms with Gasteiger partial charge in [0.2, 0.25) is 10.0 Å². The molecule has 0 atom stereocenters. The Kier molecular flexibility index (Phi) is 5.91. The second-order valence-electron chi connectivity index (χ2n) is 7.21. The number of benzene rings is 1. The number of nitriles is 1. The van der Waals surface area contributed by atoms with Crippen LogP contribution < -0.4 is 0 Å². The van der Waals surface area contributed by atoms with Crippen LogP contribution in [0.5, 0.6) is 0 Å². The van der Waals surface area contributed by atoms with Crippen molar-refractivity contribution in [3.8, 4) is 6.07 Å². The van der Waals surface area contributed by atoms with Gasteiger partial charge < -0.3 is 4.57 Å². The second-order valence-corrected chi connectivity index (χ2v) is 9.81. The van der Waals surface area contributed by atoms with E-state index in [1.54, 1.807) is 20.9 Å². The van der Waals surface area contributed by atoms with Crippen LogP contribution in [0.4, 0.5) is 0 Å². The van der Waals surface area contributed by atoms with Crippen LogP contribution in [0.1, 0.15) is 38.8 Å². The van der Waals surface area contributed by atoms with Crippen LogP contribution in [0.15, 0.2) is 24.4 Å². The Balaban J connectivity index is 2.34. The highest BCUT2D eigenvalue weighted by atomic mass is 32.2. The summed E-state index contributed by atoms with van der Waals surface area (Å²) in [5.41, 5.74) is 2.80. The molecule has 0 radical (unpaired) electrons. The molecule has 0 saturated carbocycles. The van der Waals surface area contributed by atoms with E-state index >= 15 is 0 Å². The summed E-state index contributed by atoms with van der Waals surface area (Å²) in [5.74, 6) is 0.484. The zero-order valence-corrected chi connectivity index (χ0v) is 16.5. The highest BCUT2D eigenvalue weighted by molar-refractivity contribution is 7.89. The van der Waals surface area contributed by atoms with Gasteiger partial charge in [0.25, 0.3) is 0 Å². The summed E-state index contributed by atoms with van der Waals surface area (Å²) in [7, 11) is -1.60. The fraction of sp³-hybridized carbons (Fsp3) is 0.526. The fourth-order valence-electron chi connectivity index (χ4n) is 2.95. The van der Waals surface area contributed by atoms with Crippen LogP contribution in [0, 0.1) is 17.2 Å². The maximum absolute atomic E-state index is 12.2. The first-order valence-corrected chi connectivity index (χ1v) is 10.1. The van der Waals surface area contributed by atoms with E-state index in [-0.39, 0.29) is 0 Å². The maximum Gasteiger partial charge on any atom is 0.216 e. The molecular formula is C19H27N3O2S. The van der Waals surface area contributed by atoms with Crippen molar-refractivity contribution < 1.29 is 8.42 Å². The average molecular weight is 362 g/mol. The number of hydrogen-bond acceptors (Lipinski definition) is 3. The molecule has 1 aromatic heterocycles. The van der Waals surface area contributed by atoms with Crippen molar-refractivity contribution >= 4 is 20.9 Å². The number of nitrogens with zero attached hydrogens (tertiary/aromatic N) is 3. The molecule has 2 rings (SSSR count). The molecule has 5 nitrogen and oxygen atoms in total. The predicted octanol–water partition coefficient (Wildman–Crippen LogP) is 3.38. The topological polar surface area (TPSA) is 66.1 Å². The molecule has 0 saturated heterocycles. The van der Waals surface area contributed by atoms with Crippen molar-refractivity contribution in [1.82, 2.24) is 8.87 Å². The SMILES string of the molecule is CC(C)Cn1cc(CCN(C)S(=O)(=O)C(C)C)c2ccc(C#N)cc21. The van der Waals surface area contributed by atoms with Crippen LogP contribution >= 0.6 is 0 Å². The molecule has 0 amide bonds. The standard InChI is InChI=1S/C19H27N3O2S/c1-14(2)12-22-13-17(8-9-21(5)25(23,24)15(3)4)18-7-6-16(11-20)10-19(18)22/h6-7,10,13-15H,8-9,12H2,1-5H3. The third-order valence-electron chi connectivity index (χ3n) is 4.38. The van der Waals surface area contributed by atoms with Crippen LogP contribution in [0.2, 0.25) is 0 Å². The zero-order chi connectivity index (χ0) is 18.8. The van der Waals surface area contributed by atoms with Gasteiger partial charge in [-0.25, -0.2) is 12.7 Å². The smallest absolute Gasteiger partial charge is 0.216 e. The number of sulfonamides is 1. The molecule has 0 aliphatic heterocycles. The predicted molar refractivity (Wildman–Crippen MR) is 102 cm³/mol. The molecule has 0 fully saturated rings. The Hall–Kier alpha value is -1.84. The highest BCUT2D eigenvalue weighted by Gasteiger charge is 2.22. The van der Waals surface area contributed by atoms with Gasteiger partial charge in [-0.15, -0.1) is 0 Å². The van der Waals surface area contributed by atoms with Gasteiger partial charge in [-0.3, -0.25) is 0 Å². The van der Waals surface area contributed by atoms with Crippen molar-refractivity contribution in [2.45, 2.75) is 45.9 Å². The van der Waals surface area contributed by atoms with Crippen LogP contribution in [-0.4, -0.2) is 36.1 Å². The lowest BCUT2D eigenvalue weighted by atomic mass is 10.1. The van der Waals surface area contributed by atoms with Gasteiger partial charge in [-0.05, 0) is 43.9 Å². The molecule has 1 heterocycles. The molecule has 0 aliphatic rings. The van der Waals surface area contributed by atoms with Gasteiger partial charge in [-0.1, -0.05) is 19.9 Å². The normalized spacial score (nSPS) is 12.4. The summed E-state index contributed by atoms with van der Waals surface area (Å²) in [6.07, 6.45) is 2.75. The van der Waals surface area contributed by atoms with Gasteiger partial charge in [0.05, 0.1) is 16.9 Å². The Labute approximate surface area is 150 Å². The van der Waals surface area contributed by atoms with Crippen LogP contribution in [0.3, 0.4) is 0 Å². The van der Waals surface area contributed by atoms with E-state index in [9.17, 15) is 8.42 Å². The Morgan fingerprint density at radius 2 is 1.92 bits per heavy atom. The molecule has 0 bridgehead atoms. The van der Waals surface area contributed by atoms with E-state index in [0.717, 1.165) is 23.0 Å². The molecular weight excluding hydrogens is 334 g/mol. The van der Waals surface area contributed by atoms with E-state index in [1.807, 2.05) is 18.2 Å². The molecule has 1 aromatic carbocycles. The summed E-state index contributed by atoms with van der Waals surface area (Å²) in [5, 5.41) is 9.84. The van der Waals surface area contributed by atoms with Gasteiger partial charge in [-0.2, -0.15) is 5.26 Å². The number of likely N-dealkylation sites (N-methyl/N-ethyl adjacent to an activating group) is 1. The summed E-state index contributed by atoms with van der Waals surface area (Å²) < 4.78 is 28.1. The molecule has 25 heavy (non-hydrogen) atoms. The molecule has 0 aliphatic carbocycles. The number of aromatic nitrogens is 1. The Morgan fingerprint density at radius 3 is 2.48 bits per heavy atom. The lowest BCUT2D eigenvalue weighted by molar-refractivity contribution is 0.465. The monoisotopic (exact) mass is 361 g/mol. The van der Waals surface area contributed by atoms with Crippen LogP contribution in [-0.2, 0) is 23.0 Å². The van der Waals surface area contributed by atoms with Crippen molar-refractivity contribution in [3.05, 3.63) is 35.5 Å². The minimum atomic E-state index is -3.24. The largest absolute Gasteiger partial charge is 0.347 e. The van der Waals surface area contributed by atoms with E-state index < -0.39 is 15.3 Å². The van der Waals surface area contributed by atoms with E-state index in [4.69, 9.17) is 5.26 Å². The average Bonchev–Trinajstić information content (AvgIpc) is 2.88. The highest BCUT2D eigenvalue weighted by Crippen LogP contribution is 2.25. The molecule has 6 heteroatoms. The molecule has 2 aromatic rings. The zero-order valence-electron chi connectivity index (χ0n) is 15.7. The summed E-state index contributed by atoms with van der Waals surface area (Å²) >= 11 is 0. The van der Waals surface area contributed by atoms with Crippen LogP contribution in [0.25, 0.3) is 10.9 Å². The van der Waals surface area contributed by atoms with Crippen molar-refractivity contribution in [2.75, 3.05) is 13.6 Å². The lowest BCUT2D eigenvalue weighted by Crippen LogP contribution is -2.34. The summed E-state index contributed by atoms with van der Waals surface area (Å²) in [6.45, 7) is 9.02. The third-order valence-corrected chi connectivity index (χ3v) is 6.62. The molecule has 0 unspecified atom stereocenters. The minimum Gasteiger partial charge on any atom is -0.347 e. The van der Waals surface area contributed by atoms with Gasteiger partial charge >= 0.3 is 0 Å². The number of rotatable bonds is 7. The second kappa shape index (κ2) is 7.59. The number of hydrogen-bond donors (Lipinski definition) is 0.